The second kappa shape index (κ2) is 2.74. The Morgan fingerprint density at radius 2 is 2.00 bits per heavy atom. The van der Waals surface area contributed by atoms with Gasteiger partial charge in [-0.1, -0.05) is 0 Å². The van der Waals surface area contributed by atoms with Crippen molar-refractivity contribution in [3.8, 4) is 0 Å². The van der Waals surface area contributed by atoms with Gasteiger partial charge < -0.3 is 0 Å². The maximum Gasteiger partial charge on any atom is 0.271 e. The van der Waals surface area contributed by atoms with Crippen molar-refractivity contribution in [2.45, 2.75) is 0 Å². The quantitative estimate of drug-likeness (QED) is 0.325. The summed E-state index contributed by atoms with van der Waals surface area (Å²) < 4.78 is 27.5. The monoisotopic (exact) mass is 155 g/mol. The van der Waals surface area contributed by atoms with Crippen LogP contribution in [0.2, 0.25) is 0 Å². The second-order valence-electron chi connectivity index (χ2n) is 1.34. The maximum atomic E-state index is 9.79. The van der Waals surface area contributed by atoms with Crippen molar-refractivity contribution in [2.75, 3.05) is 12.3 Å². The Kier molecular flexibility index (Phi) is 2.53. The summed E-state index contributed by atoms with van der Waals surface area (Å²) in [5.74, 6) is -0.819. The van der Waals surface area contributed by atoms with E-state index in [1.807, 2.05) is 0 Å². The molecular formula is C2H5NO5S. The van der Waals surface area contributed by atoms with E-state index in [1.54, 1.807) is 0 Å². The van der Waals surface area contributed by atoms with Gasteiger partial charge in [0.05, 0.1) is 0 Å². The molecule has 0 aromatic heterocycles. The van der Waals surface area contributed by atoms with Crippen LogP contribution in [-0.2, 0) is 10.1 Å². The van der Waals surface area contributed by atoms with Gasteiger partial charge in [-0.2, -0.15) is 8.42 Å². The van der Waals surface area contributed by atoms with Crippen LogP contribution in [0.15, 0.2) is 0 Å². The van der Waals surface area contributed by atoms with Crippen molar-refractivity contribution in [1.29, 1.82) is 0 Å². The highest BCUT2D eigenvalue weighted by molar-refractivity contribution is 7.85. The van der Waals surface area contributed by atoms with Crippen molar-refractivity contribution < 1.29 is 17.9 Å². The zero-order chi connectivity index (χ0) is 7.49. The molecule has 0 unspecified atom stereocenters. The Labute approximate surface area is 51.4 Å². The Hall–Kier alpha value is -0.690. The molecule has 0 aliphatic rings. The molecule has 0 saturated carbocycles. The fraction of sp³-hybridized carbons (Fsp3) is 1.00. The van der Waals surface area contributed by atoms with Crippen LogP contribution in [0.1, 0.15) is 0 Å². The van der Waals surface area contributed by atoms with Crippen molar-refractivity contribution in [3.05, 3.63) is 10.1 Å². The van der Waals surface area contributed by atoms with E-state index in [9.17, 15) is 18.5 Å². The summed E-state index contributed by atoms with van der Waals surface area (Å²) in [6.07, 6.45) is 0. The molecule has 0 aliphatic heterocycles. The first-order chi connectivity index (χ1) is 3.92. The van der Waals surface area contributed by atoms with Crippen LogP contribution in [0.3, 0.4) is 0 Å². The van der Waals surface area contributed by atoms with Crippen molar-refractivity contribution in [2.24, 2.45) is 0 Å². The second-order valence-corrected chi connectivity index (χ2v) is 2.91. The maximum absolute atomic E-state index is 9.79. The lowest BCUT2D eigenvalue weighted by molar-refractivity contribution is -0.474. The third-order valence-corrected chi connectivity index (χ3v) is 1.23. The predicted molar refractivity (Wildman–Crippen MR) is 28.3 cm³/mol. The first-order valence-corrected chi connectivity index (χ1v) is 3.60. The lowest BCUT2D eigenvalue weighted by atomic mass is 10.8. The van der Waals surface area contributed by atoms with E-state index >= 15 is 0 Å². The van der Waals surface area contributed by atoms with Gasteiger partial charge in [-0.15, -0.1) is 0 Å². The molecule has 0 heterocycles. The van der Waals surface area contributed by atoms with E-state index < -0.39 is 27.3 Å². The molecular weight excluding hydrogens is 150 g/mol. The molecule has 0 saturated heterocycles. The summed E-state index contributed by atoms with van der Waals surface area (Å²) in [7, 11) is -4.16. The van der Waals surface area contributed by atoms with Crippen LogP contribution in [0.4, 0.5) is 0 Å². The minimum Gasteiger partial charge on any atom is -0.285 e. The Balaban J connectivity index is 3.67. The topological polar surface area (TPSA) is 97.5 Å². The zero-order valence-electron chi connectivity index (χ0n) is 4.35. The minimum atomic E-state index is -4.16. The van der Waals surface area contributed by atoms with Gasteiger partial charge in [0, 0.05) is 4.92 Å². The van der Waals surface area contributed by atoms with E-state index in [4.69, 9.17) is 4.55 Å². The van der Waals surface area contributed by atoms with Crippen LogP contribution in [0.5, 0.6) is 0 Å². The number of rotatable bonds is 3. The molecule has 0 bridgehead atoms. The molecule has 7 heteroatoms. The van der Waals surface area contributed by atoms with Gasteiger partial charge in [-0.3, -0.25) is 14.7 Å². The van der Waals surface area contributed by atoms with Crippen molar-refractivity contribution >= 4 is 10.1 Å². The van der Waals surface area contributed by atoms with Gasteiger partial charge in [0.1, 0.15) is 5.75 Å². The molecule has 0 amide bonds. The van der Waals surface area contributed by atoms with Crippen LogP contribution >= 0.6 is 0 Å². The van der Waals surface area contributed by atoms with Gasteiger partial charge in [0.15, 0.2) is 0 Å². The molecule has 1 N–H and O–H groups in total. The highest BCUT2D eigenvalue weighted by atomic mass is 32.2. The smallest absolute Gasteiger partial charge is 0.271 e. The Morgan fingerprint density at radius 3 is 2.11 bits per heavy atom. The number of hydrogen-bond acceptors (Lipinski definition) is 4. The normalized spacial score (nSPS) is 11.2. The number of nitrogens with zero attached hydrogens (tertiary/aromatic N) is 1. The fourth-order valence-corrected chi connectivity index (χ4v) is 0.570. The zero-order valence-corrected chi connectivity index (χ0v) is 5.17. The van der Waals surface area contributed by atoms with Crippen LogP contribution in [0, 0.1) is 10.1 Å². The van der Waals surface area contributed by atoms with Gasteiger partial charge in [-0.25, -0.2) is 0 Å². The third kappa shape index (κ3) is 7.31. The van der Waals surface area contributed by atoms with E-state index in [0.29, 0.717) is 0 Å². The van der Waals surface area contributed by atoms with Gasteiger partial charge >= 0.3 is 0 Å². The van der Waals surface area contributed by atoms with Crippen molar-refractivity contribution in [1.82, 2.24) is 0 Å². The summed E-state index contributed by atoms with van der Waals surface area (Å²) in [4.78, 5) is 8.66. The molecule has 0 aliphatic carbocycles. The van der Waals surface area contributed by atoms with Gasteiger partial charge in [0.25, 0.3) is 10.1 Å². The summed E-state index contributed by atoms with van der Waals surface area (Å²) in [6.45, 7) is -0.751. The summed E-state index contributed by atoms with van der Waals surface area (Å²) in [6, 6.07) is 0. The average molecular weight is 155 g/mol. The molecule has 0 atom stereocenters. The van der Waals surface area contributed by atoms with E-state index in [0.717, 1.165) is 0 Å². The predicted octanol–water partition coefficient (Wildman–Crippen LogP) is -0.849. The molecule has 6 nitrogen and oxygen atoms in total. The lowest BCUT2D eigenvalue weighted by Crippen LogP contribution is -2.14. The molecule has 0 aromatic rings. The molecule has 0 spiro atoms. The summed E-state index contributed by atoms with van der Waals surface area (Å²) in [5.41, 5.74) is 0. The molecule has 9 heavy (non-hydrogen) atoms. The van der Waals surface area contributed by atoms with Gasteiger partial charge in [0.2, 0.25) is 6.54 Å². The number of hydrogen-bond donors (Lipinski definition) is 1. The van der Waals surface area contributed by atoms with Crippen LogP contribution < -0.4 is 0 Å². The van der Waals surface area contributed by atoms with Crippen LogP contribution in [-0.4, -0.2) is 30.2 Å². The Morgan fingerprint density at radius 1 is 1.56 bits per heavy atom. The molecule has 54 valence electrons. The lowest BCUT2D eigenvalue weighted by Gasteiger charge is -1.88. The van der Waals surface area contributed by atoms with Crippen molar-refractivity contribution in [3.63, 3.8) is 0 Å². The summed E-state index contributed by atoms with van der Waals surface area (Å²) >= 11 is 0. The van der Waals surface area contributed by atoms with E-state index in [-0.39, 0.29) is 0 Å². The molecule has 0 rings (SSSR count). The molecule has 0 radical (unpaired) electrons. The summed E-state index contributed by atoms with van der Waals surface area (Å²) in [5, 5.41) is 9.48. The fourth-order valence-electron chi connectivity index (χ4n) is 0.190. The highest BCUT2D eigenvalue weighted by Gasteiger charge is 2.08. The molecule has 0 fully saturated rings. The SMILES string of the molecule is O=[N+]([O-])CCS(=O)(=O)O. The van der Waals surface area contributed by atoms with E-state index in [2.05, 4.69) is 0 Å². The standard InChI is InChI=1S/C2H5NO5S/c4-3(5)1-2-9(6,7)8/h1-2H2,(H,6,7,8). The van der Waals surface area contributed by atoms with Gasteiger partial charge in [-0.05, 0) is 0 Å². The largest absolute Gasteiger partial charge is 0.285 e. The van der Waals surface area contributed by atoms with E-state index in [1.165, 1.54) is 0 Å². The average Bonchev–Trinajstić information content (AvgIpc) is 1.59. The first-order valence-electron chi connectivity index (χ1n) is 1.99. The first kappa shape index (κ1) is 8.31. The number of nitro groups is 1. The van der Waals surface area contributed by atoms with Crippen LogP contribution in [0.25, 0.3) is 0 Å². The third-order valence-electron chi connectivity index (χ3n) is 0.532. The molecule has 0 aromatic carbocycles. The Bertz CT molecular complexity index is 193. The highest BCUT2D eigenvalue weighted by Crippen LogP contribution is 1.80. The minimum absolute atomic E-state index is 0.751.